The molecule has 0 heterocycles. The second-order valence-corrected chi connectivity index (χ2v) is 7.99. The van der Waals surface area contributed by atoms with E-state index >= 15 is 0 Å². The first kappa shape index (κ1) is 20.4. The van der Waals surface area contributed by atoms with E-state index in [9.17, 15) is 4.79 Å². The molecular formula is C17H26O6Si. The Morgan fingerprint density at radius 2 is 1.71 bits per heavy atom. The van der Waals surface area contributed by atoms with Gasteiger partial charge in [-0.05, 0) is 37.1 Å². The predicted molar refractivity (Wildman–Crippen MR) is 93.8 cm³/mol. The fourth-order valence-corrected chi connectivity index (χ4v) is 3.75. The van der Waals surface area contributed by atoms with E-state index in [1.54, 1.807) is 34.3 Å². The zero-order valence-electron chi connectivity index (χ0n) is 14.7. The average molecular weight is 354 g/mol. The maximum Gasteiger partial charge on any atom is 0.500 e. The highest BCUT2D eigenvalue weighted by Crippen LogP contribution is 2.17. The summed E-state index contributed by atoms with van der Waals surface area (Å²) in [6.07, 6.45) is 3.88. The molecule has 134 valence electrons. The Morgan fingerprint density at radius 3 is 2.25 bits per heavy atom. The standard InChI is InChI=1S/C17H26O6Si/c1-5-22-17(18)12-9-15-7-10-16(11-8-15)23-13-6-14-24(19-2,20-3)21-4/h7-12H,5-6,13-14H2,1-4H3/b12-9+. The van der Waals surface area contributed by atoms with Crippen molar-refractivity contribution in [3.05, 3.63) is 35.9 Å². The minimum absolute atomic E-state index is 0.347. The van der Waals surface area contributed by atoms with Gasteiger partial charge in [0.2, 0.25) is 0 Å². The van der Waals surface area contributed by atoms with Gasteiger partial charge in [0, 0.05) is 33.4 Å². The number of ether oxygens (including phenoxy) is 2. The first-order valence-corrected chi connectivity index (χ1v) is 9.75. The molecule has 0 saturated carbocycles. The predicted octanol–water partition coefficient (Wildman–Crippen LogP) is 2.91. The van der Waals surface area contributed by atoms with Crippen molar-refractivity contribution < 1.29 is 27.5 Å². The van der Waals surface area contributed by atoms with Gasteiger partial charge in [-0.15, -0.1) is 0 Å². The molecule has 0 aromatic heterocycles. The lowest BCUT2D eigenvalue weighted by molar-refractivity contribution is -0.137. The number of hydrogen-bond acceptors (Lipinski definition) is 6. The van der Waals surface area contributed by atoms with Gasteiger partial charge in [-0.1, -0.05) is 12.1 Å². The summed E-state index contributed by atoms with van der Waals surface area (Å²) in [4.78, 5) is 11.3. The van der Waals surface area contributed by atoms with Crippen molar-refractivity contribution >= 4 is 20.8 Å². The second kappa shape index (κ2) is 11.0. The van der Waals surface area contributed by atoms with Crippen LogP contribution in [0.3, 0.4) is 0 Å². The number of rotatable bonds is 11. The van der Waals surface area contributed by atoms with Crippen molar-refractivity contribution in [1.29, 1.82) is 0 Å². The molecule has 0 aliphatic carbocycles. The molecule has 24 heavy (non-hydrogen) atoms. The van der Waals surface area contributed by atoms with Crippen molar-refractivity contribution in [2.24, 2.45) is 0 Å². The molecule has 0 amide bonds. The second-order valence-electron chi connectivity index (χ2n) is 4.90. The summed E-state index contributed by atoms with van der Waals surface area (Å²) in [6, 6.07) is 8.17. The highest BCUT2D eigenvalue weighted by Gasteiger charge is 2.36. The molecular weight excluding hydrogens is 328 g/mol. The van der Waals surface area contributed by atoms with Gasteiger partial charge in [0.1, 0.15) is 5.75 Å². The van der Waals surface area contributed by atoms with Crippen molar-refractivity contribution in [2.45, 2.75) is 19.4 Å². The monoisotopic (exact) mass is 354 g/mol. The molecule has 0 bridgehead atoms. The van der Waals surface area contributed by atoms with E-state index in [0.29, 0.717) is 19.3 Å². The molecule has 0 spiro atoms. The molecule has 0 fully saturated rings. The minimum Gasteiger partial charge on any atom is -0.494 e. The van der Waals surface area contributed by atoms with E-state index in [4.69, 9.17) is 22.8 Å². The van der Waals surface area contributed by atoms with Crippen LogP contribution in [0.1, 0.15) is 18.9 Å². The summed E-state index contributed by atoms with van der Waals surface area (Å²) in [5.41, 5.74) is 0.903. The van der Waals surface area contributed by atoms with Crippen LogP contribution in [0.2, 0.25) is 6.04 Å². The Kier molecular flexibility index (Phi) is 9.32. The van der Waals surface area contributed by atoms with Gasteiger partial charge in [-0.25, -0.2) is 4.79 Å². The van der Waals surface area contributed by atoms with E-state index in [-0.39, 0.29) is 5.97 Å². The van der Waals surface area contributed by atoms with Gasteiger partial charge in [-0.2, -0.15) is 0 Å². The Bertz CT molecular complexity index is 502. The Morgan fingerprint density at radius 1 is 1.08 bits per heavy atom. The van der Waals surface area contributed by atoms with Gasteiger partial charge in [0.05, 0.1) is 13.2 Å². The largest absolute Gasteiger partial charge is 0.500 e. The summed E-state index contributed by atoms with van der Waals surface area (Å²) < 4.78 is 26.6. The summed E-state index contributed by atoms with van der Waals surface area (Å²) in [6.45, 7) is 2.69. The molecule has 0 unspecified atom stereocenters. The zero-order valence-corrected chi connectivity index (χ0v) is 15.7. The summed E-state index contributed by atoms with van der Waals surface area (Å²) in [5, 5.41) is 0. The van der Waals surface area contributed by atoms with Gasteiger partial charge in [0.15, 0.2) is 0 Å². The molecule has 0 radical (unpaired) electrons. The van der Waals surface area contributed by atoms with Crippen LogP contribution >= 0.6 is 0 Å². The number of carbonyl (C=O) groups is 1. The maximum absolute atomic E-state index is 11.3. The smallest absolute Gasteiger partial charge is 0.494 e. The van der Waals surface area contributed by atoms with Crippen LogP contribution in [-0.4, -0.2) is 49.3 Å². The summed E-state index contributed by atoms with van der Waals surface area (Å²) >= 11 is 0. The molecule has 1 rings (SSSR count). The van der Waals surface area contributed by atoms with Crippen LogP contribution in [0, 0.1) is 0 Å². The van der Waals surface area contributed by atoms with Crippen molar-refractivity contribution in [3.8, 4) is 5.75 Å². The molecule has 0 N–H and O–H groups in total. The van der Waals surface area contributed by atoms with E-state index in [1.165, 1.54) is 6.08 Å². The highest BCUT2D eigenvalue weighted by molar-refractivity contribution is 6.60. The van der Waals surface area contributed by atoms with Crippen LogP contribution in [0.15, 0.2) is 30.3 Å². The molecule has 6 nitrogen and oxygen atoms in total. The molecule has 0 atom stereocenters. The lowest BCUT2D eigenvalue weighted by Gasteiger charge is -2.24. The third kappa shape index (κ3) is 6.84. The van der Waals surface area contributed by atoms with Gasteiger partial charge < -0.3 is 22.8 Å². The molecule has 0 aliphatic rings. The van der Waals surface area contributed by atoms with Crippen LogP contribution < -0.4 is 4.74 Å². The van der Waals surface area contributed by atoms with Crippen molar-refractivity contribution in [1.82, 2.24) is 0 Å². The topological polar surface area (TPSA) is 63.2 Å². The van der Waals surface area contributed by atoms with E-state index in [0.717, 1.165) is 17.7 Å². The van der Waals surface area contributed by atoms with Crippen LogP contribution in [0.5, 0.6) is 5.75 Å². The molecule has 0 saturated heterocycles. The Hall–Kier alpha value is -1.67. The SMILES string of the molecule is CCOC(=O)/C=C/c1ccc(OCCC[Si](OC)(OC)OC)cc1. The molecule has 0 aliphatic heterocycles. The first-order chi connectivity index (χ1) is 11.6. The lowest BCUT2D eigenvalue weighted by atomic mass is 10.2. The number of carbonyl (C=O) groups excluding carboxylic acids is 1. The van der Waals surface area contributed by atoms with Crippen LogP contribution in [0.4, 0.5) is 0 Å². The van der Waals surface area contributed by atoms with E-state index in [1.807, 2.05) is 24.3 Å². The number of benzene rings is 1. The molecule has 7 heteroatoms. The van der Waals surface area contributed by atoms with E-state index in [2.05, 4.69) is 0 Å². The molecule has 1 aromatic carbocycles. The minimum atomic E-state index is -2.53. The molecule has 1 aromatic rings. The highest BCUT2D eigenvalue weighted by atomic mass is 28.4. The quantitative estimate of drug-likeness (QED) is 0.263. The normalized spacial score (nSPS) is 11.7. The third-order valence-electron chi connectivity index (χ3n) is 3.41. The lowest BCUT2D eigenvalue weighted by Crippen LogP contribution is -2.42. The number of hydrogen-bond donors (Lipinski definition) is 0. The van der Waals surface area contributed by atoms with Crippen LogP contribution in [0.25, 0.3) is 6.08 Å². The van der Waals surface area contributed by atoms with Crippen LogP contribution in [-0.2, 0) is 22.8 Å². The van der Waals surface area contributed by atoms with Gasteiger partial charge in [0.25, 0.3) is 0 Å². The number of esters is 1. The fourth-order valence-electron chi connectivity index (χ4n) is 2.06. The fraction of sp³-hybridized carbons (Fsp3) is 0.471. The van der Waals surface area contributed by atoms with E-state index < -0.39 is 8.80 Å². The third-order valence-corrected chi connectivity index (χ3v) is 6.24. The Balaban J connectivity index is 2.41. The van der Waals surface area contributed by atoms with Gasteiger partial charge in [-0.3, -0.25) is 0 Å². The van der Waals surface area contributed by atoms with Gasteiger partial charge >= 0.3 is 14.8 Å². The summed E-state index contributed by atoms with van der Waals surface area (Å²) in [7, 11) is 2.27. The average Bonchev–Trinajstić information content (AvgIpc) is 2.62. The van der Waals surface area contributed by atoms with Crippen molar-refractivity contribution in [2.75, 3.05) is 34.5 Å². The zero-order chi connectivity index (χ0) is 17.8. The maximum atomic E-state index is 11.3. The first-order valence-electron chi connectivity index (χ1n) is 7.82. The Labute approximate surface area is 144 Å². The summed E-state index contributed by atoms with van der Waals surface area (Å²) in [5.74, 6) is 0.419. The van der Waals surface area contributed by atoms with Crippen molar-refractivity contribution in [3.63, 3.8) is 0 Å².